The summed E-state index contributed by atoms with van der Waals surface area (Å²) in [6.07, 6.45) is 1.97. The number of carbonyl (C=O) groups excluding carboxylic acids is 1. The molecular formula is C19H15N3O2. The minimum absolute atomic E-state index is 0.153. The second-order valence-corrected chi connectivity index (χ2v) is 5.42. The van der Waals surface area contributed by atoms with E-state index in [2.05, 4.69) is 10.3 Å². The van der Waals surface area contributed by atoms with Crippen molar-refractivity contribution >= 4 is 22.5 Å². The van der Waals surface area contributed by atoms with Crippen LogP contribution in [0.4, 0.5) is 5.69 Å². The minimum Gasteiger partial charge on any atom is -0.508 e. The number of phenols is 1. The summed E-state index contributed by atoms with van der Waals surface area (Å²) in [5.41, 5.74) is 2.23. The number of hydrogen-bond acceptors (Lipinski definition) is 4. The average Bonchev–Trinajstić information content (AvgIpc) is 2.61. The number of nitrogens with one attached hydrogen (secondary N) is 1. The van der Waals surface area contributed by atoms with Gasteiger partial charge in [0.05, 0.1) is 17.3 Å². The molecule has 3 rings (SSSR count). The second kappa shape index (κ2) is 6.80. The summed E-state index contributed by atoms with van der Waals surface area (Å²) in [7, 11) is 0. The van der Waals surface area contributed by atoms with Crippen LogP contribution in [0.3, 0.4) is 0 Å². The molecule has 24 heavy (non-hydrogen) atoms. The van der Waals surface area contributed by atoms with E-state index in [-0.39, 0.29) is 18.1 Å². The molecule has 0 aliphatic rings. The van der Waals surface area contributed by atoms with Crippen LogP contribution in [-0.2, 0) is 11.2 Å². The van der Waals surface area contributed by atoms with Crippen molar-refractivity contribution in [2.75, 3.05) is 5.32 Å². The van der Waals surface area contributed by atoms with Crippen LogP contribution in [0.25, 0.3) is 10.9 Å². The Morgan fingerprint density at radius 1 is 1.17 bits per heavy atom. The van der Waals surface area contributed by atoms with Crippen LogP contribution in [0.2, 0.25) is 0 Å². The van der Waals surface area contributed by atoms with Gasteiger partial charge in [-0.05, 0) is 48.4 Å². The number of hydrogen-bond donors (Lipinski definition) is 2. The Hall–Kier alpha value is -3.39. The van der Waals surface area contributed by atoms with Crippen LogP contribution in [-0.4, -0.2) is 16.0 Å². The van der Waals surface area contributed by atoms with Crippen molar-refractivity contribution in [3.63, 3.8) is 0 Å². The number of fused-ring (bicyclic) bond motifs is 1. The number of carbonyl (C=O) groups is 1. The van der Waals surface area contributed by atoms with Gasteiger partial charge in [-0.25, -0.2) is 0 Å². The van der Waals surface area contributed by atoms with Gasteiger partial charge in [0.25, 0.3) is 0 Å². The SMILES string of the molecule is N#C[C@H](Cc1ccc(O)cc1)C(=O)Nc1cccc2ncccc12. The van der Waals surface area contributed by atoms with Crippen LogP contribution >= 0.6 is 0 Å². The van der Waals surface area contributed by atoms with Crippen molar-refractivity contribution in [2.24, 2.45) is 5.92 Å². The van der Waals surface area contributed by atoms with Gasteiger partial charge in [-0.1, -0.05) is 18.2 Å². The molecule has 5 nitrogen and oxygen atoms in total. The van der Waals surface area contributed by atoms with Crippen molar-refractivity contribution in [3.05, 3.63) is 66.4 Å². The number of aromatic hydroxyl groups is 1. The normalized spacial score (nSPS) is 11.6. The number of nitrogens with zero attached hydrogens (tertiary/aromatic N) is 2. The Kier molecular flexibility index (Phi) is 4.39. The zero-order valence-corrected chi connectivity index (χ0v) is 12.8. The average molecular weight is 317 g/mol. The quantitative estimate of drug-likeness (QED) is 0.773. The first-order chi connectivity index (χ1) is 11.7. The van der Waals surface area contributed by atoms with Crippen LogP contribution < -0.4 is 5.32 Å². The fraction of sp³-hybridized carbons (Fsp3) is 0.105. The number of pyridine rings is 1. The summed E-state index contributed by atoms with van der Waals surface area (Å²) in [6, 6.07) is 17.7. The minimum atomic E-state index is -0.818. The molecule has 2 N–H and O–H groups in total. The molecule has 0 saturated carbocycles. The van der Waals surface area contributed by atoms with E-state index in [1.54, 1.807) is 30.5 Å². The third-order valence-corrected chi connectivity index (χ3v) is 3.75. The Morgan fingerprint density at radius 3 is 2.71 bits per heavy atom. The maximum atomic E-state index is 12.5. The van der Waals surface area contributed by atoms with Crippen molar-refractivity contribution < 1.29 is 9.90 Å². The van der Waals surface area contributed by atoms with Crippen LogP contribution in [0, 0.1) is 17.2 Å². The summed E-state index contributed by atoms with van der Waals surface area (Å²) >= 11 is 0. The predicted molar refractivity (Wildman–Crippen MR) is 91.3 cm³/mol. The summed E-state index contributed by atoms with van der Waals surface area (Å²) in [6.45, 7) is 0. The van der Waals surface area contributed by atoms with Gasteiger partial charge in [-0.15, -0.1) is 0 Å². The standard InChI is InChI=1S/C19H15N3O2/c20-12-14(11-13-6-8-15(23)9-7-13)19(24)22-18-5-1-4-17-16(18)3-2-10-21-17/h1-10,14,23H,11H2,(H,22,24)/t14-/m0/s1. The lowest BCUT2D eigenvalue weighted by Crippen LogP contribution is -2.23. The monoisotopic (exact) mass is 317 g/mol. The van der Waals surface area contributed by atoms with E-state index in [9.17, 15) is 15.2 Å². The van der Waals surface area contributed by atoms with Gasteiger partial charge in [0, 0.05) is 11.6 Å². The fourth-order valence-corrected chi connectivity index (χ4v) is 2.50. The number of benzene rings is 2. The maximum absolute atomic E-state index is 12.5. The van der Waals surface area contributed by atoms with E-state index in [1.165, 1.54) is 12.1 Å². The number of rotatable bonds is 4. The molecule has 0 bridgehead atoms. The molecule has 0 fully saturated rings. The molecule has 1 atom stereocenters. The summed E-state index contributed by atoms with van der Waals surface area (Å²) in [5, 5.41) is 22.3. The van der Waals surface area contributed by atoms with Crippen molar-refractivity contribution in [1.82, 2.24) is 4.98 Å². The number of amides is 1. The highest BCUT2D eigenvalue weighted by molar-refractivity contribution is 6.02. The molecule has 0 radical (unpaired) electrons. The molecule has 0 saturated heterocycles. The summed E-state index contributed by atoms with van der Waals surface area (Å²) in [4.78, 5) is 16.7. The van der Waals surface area contributed by atoms with E-state index >= 15 is 0 Å². The molecule has 0 aliphatic carbocycles. The molecular weight excluding hydrogens is 302 g/mol. The van der Waals surface area contributed by atoms with Crippen LogP contribution in [0.5, 0.6) is 5.75 Å². The van der Waals surface area contributed by atoms with E-state index in [0.717, 1.165) is 16.5 Å². The molecule has 1 amide bonds. The lowest BCUT2D eigenvalue weighted by molar-refractivity contribution is -0.118. The molecule has 118 valence electrons. The lowest BCUT2D eigenvalue weighted by atomic mass is 9.99. The van der Waals surface area contributed by atoms with E-state index in [1.807, 2.05) is 24.3 Å². The van der Waals surface area contributed by atoms with E-state index < -0.39 is 5.92 Å². The Morgan fingerprint density at radius 2 is 1.96 bits per heavy atom. The second-order valence-electron chi connectivity index (χ2n) is 5.42. The van der Waals surface area contributed by atoms with Gasteiger partial charge in [-0.2, -0.15) is 5.26 Å². The number of anilines is 1. The molecule has 3 aromatic rings. The van der Waals surface area contributed by atoms with Gasteiger partial charge in [0.1, 0.15) is 11.7 Å². The fourth-order valence-electron chi connectivity index (χ4n) is 2.50. The number of nitriles is 1. The number of phenolic OH excluding ortho intramolecular Hbond substituents is 1. The van der Waals surface area contributed by atoms with Crippen molar-refractivity contribution in [1.29, 1.82) is 5.26 Å². The molecule has 5 heteroatoms. The van der Waals surface area contributed by atoms with Gasteiger partial charge >= 0.3 is 0 Å². The molecule has 2 aromatic carbocycles. The van der Waals surface area contributed by atoms with Crippen molar-refractivity contribution in [2.45, 2.75) is 6.42 Å². The highest BCUT2D eigenvalue weighted by Crippen LogP contribution is 2.22. The maximum Gasteiger partial charge on any atom is 0.242 e. The Bertz CT molecular complexity index is 909. The van der Waals surface area contributed by atoms with Crippen LogP contribution in [0.15, 0.2) is 60.8 Å². The molecule has 1 heterocycles. The highest BCUT2D eigenvalue weighted by atomic mass is 16.3. The third-order valence-electron chi connectivity index (χ3n) is 3.75. The molecule has 0 unspecified atom stereocenters. The molecule has 0 aliphatic heterocycles. The first-order valence-corrected chi connectivity index (χ1v) is 7.49. The Labute approximate surface area is 139 Å². The first kappa shape index (κ1) is 15.5. The molecule has 0 spiro atoms. The highest BCUT2D eigenvalue weighted by Gasteiger charge is 2.19. The zero-order chi connectivity index (χ0) is 16.9. The first-order valence-electron chi connectivity index (χ1n) is 7.49. The van der Waals surface area contributed by atoms with E-state index in [4.69, 9.17) is 0 Å². The van der Waals surface area contributed by atoms with Crippen molar-refractivity contribution in [3.8, 4) is 11.8 Å². The topological polar surface area (TPSA) is 86.0 Å². The smallest absolute Gasteiger partial charge is 0.242 e. The van der Waals surface area contributed by atoms with Gasteiger partial charge in [0.2, 0.25) is 5.91 Å². The lowest BCUT2D eigenvalue weighted by Gasteiger charge is -2.12. The summed E-state index contributed by atoms with van der Waals surface area (Å²) in [5.74, 6) is -1.02. The summed E-state index contributed by atoms with van der Waals surface area (Å²) < 4.78 is 0. The van der Waals surface area contributed by atoms with E-state index in [0.29, 0.717) is 5.69 Å². The van der Waals surface area contributed by atoms with Gasteiger partial charge < -0.3 is 10.4 Å². The third kappa shape index (κ3) is 3.33. The van der Waals surface area contributed by atoms with Crippen LogP contribution in [0.1, 0.15) is 5.56 Å². The Balaban J connectivity index is 1.79. The largest absolute Gasteiger partial charge is 0.508 e. The zero-order valence-electron chi connectivity index (χ0n) is 12.8. The van der Waals surface area contributed by atoms with Gasteiger partial charge in [-0.3, -0.25) is 9.78 Å². The van der Waals surface area contributed by atoms with Gasteiger partial charge in [0.15, 0.2) is 0 Å². The predicted octanol–water partition coefficient (Wildman–Crippen LogP) is 3.26. The number of aromatic nitrogens is 1. The molecule has 1 aromatic heterocycles.